The Bertz CT molecular complexity index is 1280. The lowest BCUT2D eigenvalue weighted by Crippen LogP contribution is -2.49. The lowest BCUT2D eigenvalue weighted by molar-refractivity contribution is 0.0546. The average molecular weight is 578 g/mol. The summed E-state index contributed by atoms with van der Waals surface area (Å²) >= 11 is 0. The summed E-state index contributed by atoms with van der Waals surface area (Å²) < 4.78 is 25.1. The fourth-order valence-electron chi connectivity index (χ4n) is 4.90. The van der Waals surface area contributed by atoms with Crippen LogP contribution in [0.25, 0.3) is 0 Å². The number of halogens is 1. The fraction of sp³-hybridized carbons (Fsp3) is 0.406. The van der Waals surface area contributed by atoms with E-state index in [-0.39, 0.29) is 25.2 Å². The molecule has 2 aromatic carbocycles. The van der Waals surface area contributed by atoms with Crippen molar-refractivity contribution in [3.63, 3.8) is 0 Å². The third kappa shape index (κ3) is 9.25. The molecule has 2 N–H and O–H groups in total. The molecule has 2 amide bonds. The zero-order valence-electron chi connectivity index (χ0n) is 24.4. The van der Waals surface area contributed by atoms with Crippen LogP contribution in [-0.2, 0) is 22.6 Å². The van der Waals surface area contributed by atoms with Crippen LogP contribution in [0, 0.1) is 5.82 Å². The van der Waals surface area contributed by atoms with E-state index in [0.29, 0.717) is 16.9 Å². The van der Waals surface area contributed by atoms with Crippen LogP contribution in [-0.4, -0.2) is 67.8 Å². The first-order valence-corrected chi connectivity index (χ1v) is 14.4. The first-order valence-electron chi connectivity index (χ1n) is 14.4. The maximum Gasteiger partial charge on any atom is 0.407 e. The molecule has 1 unspecified atom stereocenters. The number of hydrogen-bond acceptors (Lipinski definition) is 7. The van der Waals surface area contributed by atoms with Gasteiger partial charge in [-0.25, -0.2) is 9.18 Å². The molecule has 224 valence electrons. The number of piperazine rings is 1. The average Bonchev–Trinajstić information content (AvgIpc) is 3.02. The van der Waals surface area contributed by atoms with Crippen LogP contribution in [0.3, 0.4) is 0 Å². The van der Waals surface area contributed by atoms with Gasteiger partial charge in [0.05, 0.1) is 11.7 Å². The largest absolute Gasteiger partial charge is 0.445 e. The SMILES string of the molecule is CCCCC(CN1CCN(c2ccc(F)cc2C(=O)Nc2ccc(CNC(=O)OCc3cccnc3)cc2)CC1)OC. The molecule has 4 rings (SSSR count). The quantitative estimate of drug-likeness (QED) is 0.287. The number of anilines is 2. The van der Waals surface area contributed by atoms with E-state index in [1.54, 1.807) is 55.9 Å². The number of nitrogens with zero attached hydrogens (tertiary/aromatic N) is 3. The van der Waals surface area contributed by atoms with Crippen LogP contribution < -0.4 is 15.5 Å². The molecule has 1 aliphatic heterocycles. The van der Waals surface area contributed by atoms with Gasteiger partial charge in [-0.1, -0.05) is 38.0 Å². The molecule has 2 heterocycles. The second-order valence-electron chi connectivity index (χ2n) is 10.4. The highest BCUT2D eigenvalue weighted by Gasteiger charge is 2.24. The maximum atomic E-state index is 14.2. The smallest absolute Gasteiger partial charge is 0.407 e. The summed E-state index contributed by atoms with van der Waals surface area (Å²) in [6.07, 6.45) is 6.32. The predicted octanol–water partition coefficient (Wildman–Crippen LogP) is 5.23. The van der Waals surface area contributed by atoms with E-state index in [9.17, 15) is 14.0 Å². The van der Waals surface area contributed by atoms with Gasteiger partial charge < -0.3 is 25.0 Å². The number of rotatable bonds is 13. The summed E-state index contributed by atoms with van der Waals surface area (Å²) in [4.78, 5) is 33.8. The number of carbonyl (C=O) groups excluding carboxylic acids is 2. The van der Waals surface area contributed by atoms with Crippen LogP contribution in [0.1, 0.15) is 47.7 Å². The second-order valence-corrected chi connectivity index (χ2v) is 10.4. The zero-order chi connectivity index (χ0) is 29.7. The number of methoxy groups -OCH3 is 1. The molecule has 1 aliphatic rings. The third-order valence-corrected chi connectivity index (χ3v) is 7.33. The minimum atomic E-state index is -0.536. The molecule has 0 bridgehead atoms. The summed E-state index contributed by atoms with van der Waals surface area (Å²) in [5.41, 5.74) is 3.22. The van der Waals surface area contributed by atoms with Gasteiger partial charge in [-0.05, 0) is 48.4 Å². The van der Waals surface area contributed by atoms with Gasteiger partial charge in [-0.2, -0.15) is 0 Å². The molecule has 0 saturated carbocycles. The van der Waals surface area contributed by atoms with Crippen LogP contribution in [0.15, 0.2) is 67.0 Å². The highest BCUT2D eigenvalue weighted by atomic mass is 19.1. The Kier molecular flexibility index (Phi) is 11.7. The summed E-state index contributed by atoms with van der Waals surface area (Å²) in [6.45, 7) is 6.64. The number of nitrogens with one attached hydrogen (secondary N) is 2. The van der Waals surface area contributed by atoms with Crippen molar-refractivity contribution in [3.8, 4) is 0 Å². The van der Waals surface area contributed by atoms with Crippen molar-refractivity contribution >= 4 is 23.4 Å². The van der Waals surface area contributed by atoms with Gasteiger partial charge in [-0.3, -0.25) is 14.7 Å². The van der Waals surface area contributed by atoms with Crippen molar-refractivity contribution in [1.29, 1.82) is 0 Å². The number of aromatic nitrogens is 1. The van der Waals surface area contributed by atoms with Crippen LogP contribution in [0.5, 0.6) is 0 Å². The summed E-state index contributed by atoms with van der Waals surface area (Å²) in [6, 6.07) is 15.1. The lowest BCUT2D eigenvalue weighted by Gasteiger charge is -2.38. The van der Waals surface area contributed by atoms with E-state index < -0.39 is 11.9 Å². The second kappa shape index (κ2) is 15.8. The standard InChI is InChI=1S/C32H40FN5O4/c1-3-4-7-28(41-2)22-37-15-17-38(18-16-37)30-13-10-26(33)19-29(30)31(39)36-27-11-8-24(9-12-27)21-35-32(40)42-23-25-6-5-14-34-20-25/h5-6,8-14,19-20,28H,3-4,7,15-18,21-23H2,1-2H3,(H,35,40)(H,36,39). The van der Waals surface area contributed by atoms with E-state index in [4.69, 9.17) is 9.47 Å². The van der Waals surface area contributed by atoms with Crippen molar-refractivity contribution < 1.29 is 23.5 Å². The predicted molar refractivity (Wildman–Crippen MR) is 161 cm³/mol. The molecular formula is C32H40FN5O4. The number of carbonyl (C=O) groups is 2. The fourth-order valence-corrected chi connectivity index (χ4v) is 4.90. The Balaban J connectivity index is 1.29. The Morgan fingerprint density at radius 3 is 2.52 bits per heavy atom. The van der Waals surface area contributed by atoms with Gasteiger partial charge in [0.25, 0.3) is 5.91 Å². The molecule has 42 heavy (non-hydrogen) atoms. The molecule has 0 aliphatic carbocycles. The molecule has 3 aromatic rings. The zero-order valence-corrected chi connectivity index (χ0v) is 24.4. The number of hydrogen-bond donors (Lipinski definition) is 2. The van der Waals surface area contributed by atoms with Crippen molar-refractivity contribution in [2.24, 2.45) is 0 Å². The van der Waals surface area contributed by atoms with E-state index >= 15 is 0 Å². The van der Waals surface area contributed by atoms with Crippen LogP contribution in [0.4, 0.5) is 20.6 Å². The molecular weight excluding hydrogens is 537 g/mol. The van der Waals surface area contributed by atoms with Crippen LogP contribution in [0.2, 0.25) is 0 Å². The van der Waals surface area contributed by atoms with Gasteiger partial charge in [0.15, 0.2) is 0 Å². The van der Waals surface area contributed by atoms with Crippen LogP contribution >= 0.6 is 0 Å². The van der Waals surface area contributed by atoms with E-state index in [1.165, 1.54) is 12.1 Å². The maximum absolute atomic E-state index is 14.2. The number of unbranched alkanes of at least 4 members (excludes halogenated alkanes) is 1. The number of alkyl carbamates (subject to hydrolysis) is 1. The molecule has 10 heteroatoms. The molecule has 1 atom stereocenters. The van der Waals surface area contributed by atoms with Gasteiger partial charge in [0.2, 0.25) is 0 Å². The number of ether oxygens (including phenoxy) is 2. The molecule has 0 spiro atoms. The van der Waals surface area contributed by atoms with Gasteiger partial charge in [0, 0.05) is 75.7 Å². The first-order chi connectivity index (χ1) is 20.4. The van der Waals surface area contributed by atoms with E-state index in [0.717, 1.165) is 63.1 Å². The van der Waals surface area contributed by atoms with Gasteiger partial charge in [-0.15, -0.1) is 0 Å². The minimum absolute atomic E-state index is 0.135. The molecule has 1 aromatic heterocycles. The van der Waals surface area contributed by atoms with Crippen molar-refractivity contribution in [2.45, 2.75) is 45.4 Å². The normalized spacial score (nSPS) is 14.3. The molecule has 9 nitrogen and oxygen atoms in total. The number of pyridine rings is 1. The molecule has 0 radical (unpaired) electrons. The Hall–Kier alpha value is -4.02. The first kappa shape index (κ1) is 30.9. The summed E-state index contributed by atoms with van der Waals surface area (Å²) in [5.74, 6) is -0.839. The molecule has 1 saturated heterocycles. The van der Waals surface area contributed by atoms with Gasteiger partial charge in [0.1, 0.15) is 12.4 Å². The third-order valence-electron chi connectivity index (χ3n) is 7.33. The highest BCUT2D eigenvalue weighted by Crippen LogP contribution is 2.25. The molecule has 1 fully saturated rings. The number of benzene rings is 2. The Labute approximate surface area is 247 Å². The van der Waals surface area contributed by atoms with Gasteiger partial charge >= 0.3 is 6.09 Å². The van der Waals surface area contributed by atoms with Crippen molar-refractivity contribution in [2.75, 3.05) is 50.1 Å². The lowest BCUT2D eigenvalue weighted by atomic mass is 10.1. The summed E-state index contributed by atoms with van der Waals surface area (Å²) in [7, 11) is 1.77. The monoisotopic (exact) mass is 577 g/mol. The minimum Gasteiger partial charge on any atom is -0.445 e. The van der Waals surface area contributed by atoms with Crippen molar-refractivity contribution in [1.82, 2.24) is 15.2 Å². The number of amides is 2. The van der Waals surface area contributed by atoms with E-state index in [2.05, 4.69) is 32.3 Å². The van der Waals surface area contributed by atoms with E-state index in [1.807, 2.05) is 6.07 Å². The topological polar surface area (TPSA) is 96.0 Å². The summed E-state index contributed by atoms with van der Waals surface area (Å²) in [5, 5.41) is 5.58. The highest BCUT2D eigenvalue weighted by molar-refractivity contribution is 6.08. The Morgan fingerprint density at radius 2 is 1.83 bits per heavy atom. The Morgan fingerprint density at radius 1 is 1.05 bits per heavy atom. The van der Waals surface area contributed by atoms with Crippen molar-refractivity contribution in [3.05, 3.63) is 89.5 Å².